The molecule has 4 rings (SSSR count). The maximum atomic E-state index is 12.6. The number of rotatable bonds is 6. The van der Waals surface area contributed by atoms with Crippen LogP contribution < -0.4 is 20.9 Å². The standard InChI is InChI=1S/C22H30ClN5O3/c23-17-15-16(7-8-18(17)27-12-4-1-5-13-27)25-20(30)24-11-6-14-28-19(29)22(26-21(28)31)9-2-3-10-22/h7-8,15H,1-6,9-14H2,(H,26,31)(H2,24,25,30). The van der Waals surface area contributed by atoms with Crippen molar-refractivity contribution in [2.45, 2.75) is 56.9 Å². The van der Waals surface area contributed by atoms with Crippen LogP contribution in [0.3, 0.4) is 0 Å². The summed E-state index contributed by atoms with van der Waals surface area (Å²) in [4.78, 5) is 40.5. The minimum Gasteiger partial charge on any atom is -0.370 e. The van der Waals surface area contributed by atoms with Crippen molar-refractivity contribution in [3.63, 3.8) is 0 Å². The molecule has 0 bridgehead atoms. The summed E-state index contributed by atoms with van der Waals surface area (Å²) in [6.07, 6.45) is 7.45. The molecule has 31 heavy (non-hydrogen) atoms. The molecule has 3 N–H and O–H groups in total. The highest BCUT2D eigenvalue weighted by Crippen LogP contribution is 2.35. The van der Waals surface area contributed by atoms with Crippen LogP contribution in [0, 0.1) is 0 Å². The second-order valence-electron chi connectivity index (χ2n) is 8.62. The van der Waals surface area contributed by atoms with Crippen molar-refractivity contribution in [1.29, 1.82) is 0 Å². The average Bonchev–Trinajstić information content (AvgIpc) is 3.31. The summed E-state index contributed by atoms with van der Waals surface area (Å²) in [5.41, 5.74) is 0.947. The van der Waals surface area contributed by atoms with Gasteiger partial charge in [-0.05, 0) is 56.7 Å². The molecule has 3 fully saturated rings. The molecule has 1 aliphatic carbocycles. The zero-order valence-electron chi connectivity index (χ0n) is 17.7. The molecule has 0 radical (unpaired) electrons. The van der Waals surface area contributed by atoms with Crippen molar-refractivity contribution in [2.75, 3.05) is 36.4 Å². The van der Waals surface area contributed by atoms with Gasteiger partial charge in [0.25, 0.3) is 5.91 Å². The molecule has 9 heteroatoms. The summed E-state index contributed by atoms with van der Waals surface area (Å²) in [6.45, 7) is 2.66. The lowest BCUT2D eigenvalue weighted by atomic mass is 9.98. The Labute approximate surface area is 187 Å². The Bertz CT molecular complexity index is 850. The molecule has 8 nitrogen and oxygen atoms in total. The van der Waals surface area contributed by atoms with E-state index in [1.807, 2.05) is 12.1 Å². The van der Waals surface area contributed by atoms with E-state index in [2.05, 4.69) is 20.9 Å². The van der Waals surface area contributed by atoms with Gasteiger partial charge in [-0.2, -0.15) is 0 Å². The molecule has 0 atom stereocenters. The van der Waals surface area contributed by atoms with Gasteiger partial charge in [-0.1, -0.05) is 24.4 Å². The third kappa shape index (κ3) is 4.74. The van der Waals surface area contributed by atoms with E-state index < -0.39 is 5.54 Å². The van der Waals surface area contributed by atoms with Crippen LogP contribution in [0.25, 0.3) is 0 Å². The second kappa shape index (κ2) is 9.34. The normalized spacial score (nSPS) is 20.3. The first kappa shape index (κ1) is 21.7. The first-order valence-electron chi connectivity index (χ1n) is 11.2. The average molecular weight is 448 g/mol. The van der Waals surface area contributed by atoms with Crippen LogP contribution in [0.2, 0.25) is 5.02 Å². The number of piperidine rings is 1. The van der Waals surface area contributed by atoms with Gasteiger partial charge in [-0.25, -0.2) is 9.59 Å². The summed E-state index contributed by atoms with van der Waals surface area (Å²) >= 11 is 6.44. The number of carbonyl (C=O) groups is 3. The SMILES string of the molecule is O=C(NCCCN1C(=O)NC2(CCCC2)C1=O)Nc1ccc(N2CCCCC2)c(Cl)c1. The lowest BCUT2D eigenvalue weighted by Crippen LogP contribution is -2.44. The van der Waals surface area contributed by atoms with E-state index in [9.17, 15) is 14.4 Å². The number of amides is 5. The van der Waals surface area contributed by atoms with Gasteiger partial charge >= 0.3 is 12.1 Å². The zero-order chi connectivity index (χ0) is 21.8. The van der Waals surface area contributed by atoms with Gasteiger partial charge in [0.05, 0.1) is 10.7 Å². The number of anilines is 2. The minimum atomic E-state index is -0.679. The number of benzene rings is 1. The molecule has 2 saturated heterocycles. The number of carbonyl (C=O) groups excluding carboxylic acids is 3. The fraction of sp³-hybridized carbons (Fsp3) is 0.591. The van der Waals surface area contributed by atoms with Gasteiger partial charge in [-0.15, -0.1) is 0 Å². The number of hydrogen-bond donors (Lipinski definition) is 3. The topological polar surface area (TPSA) is 93.8 Å². The van der Waals surface area contributed by atoms with E-state index in [0.29, 0.717) is 43.1 Å². The number of nitrogens with zero attached hydrogens (tertiary/aromatic N) is 2. The van der Waals surface area contributed by atoms with Crippen LogP contribution in [0.5, 0.6) is 0 Å². The molecule has 2 aliphatic heterocycles. The molecule has 5 amide bonds. The van der Waals surface area contributed by atoms with Gasteiger partial charge in [-0.3, -0.25) is 9.69 Å². The van der Waals surface area contributed by atoms with Gasteiger partial charge in [0.2, 0.25) is 0 Å². The fourth-order valence-corrected chi connectivity index (χ4v) is 5.09. The Morgan fingerprint density at radius 1 is 1.10 bits per heavy atom. The Hall–Kier alpha value is -2.48. The van der Waals surface area contributed by atoms with Crippen LogP contribution in [-0.2, 0) is 4.79 Å². The Kier molecular flexibility index (Phi) is 6.55. The largest absolute Gasteiger partial charge is 0.370 e. The minimum absolute atomic E-state index is 0.122. The van der Waals surface area contributed by atoms with Crippen molar-refractivity contribution < 1.29 is 14.4 Å². The zero-order valence-corrected chi connectivity index (χ0v) is 18.5. The van der Waals surface area contributed by atoms with E-state index >= 15 is 0 Å². The molecule has 2 heterocycles. The first-order valence-corrected chi connectivity index (χ1v) is 11.6. The van der Waals surface area contributed by atoms with Crippen LogP contribution in [0.4, 0.5) is 21.0 Å². The number of nitrogens with one attached hydrogen (secondary N) is 3. The molecular weight excluding hydrogens is 418 g/mol. The summed E-state index contributed by atoms with van der Waals surface area (Å²) in [6, 6.07) is 4.90. The smallest absolute Gasteiger partial charge is 0.325 e. The summed E-state index contributed by atoms with van der Waals surface area (Å²) in [5, 5.41) is 9.05. The summed E-state index contributed by atoms with van der Waals surface area (Å²) < 4.78 is 0. The maximum Gasteiger partial charge on any atom is 0.325 e. The maximum absolute atomic E-state index is 12.6. The van der Waals surface area contributed by atoms with Crippen LogP contribution in [-0.4, -0.2) is 54.6 Å². The van der Waals surface area contributed by atoms with Crippen LogP contribution in [0.1, 0.15) is 51.4 Å². The van der Waals surface area contributed by atoms with E-state index in [-0.39, 0.29) is 18.0 Å². The lowest BCUT2D eigenvalue weighted by molar-refractivity contribution is -0.131. The molecule has 1 aromatic rings. The van der Waals surface area contributed by atoms with E-state index in [4.69, 9.17) is 11.6 Å². The molecule has 1 saturated carbocycles. The number of hydrogen-bond acceptors (Lipinski definition) is 4. The van der Waals surface area contributed by atoms with Crippen molar-refractivity contribution in [3.05, 3.63) is 23.2 Å². The van der Waals surface area contributed by atoms with Crippen molar-refractivity contribution in [2.24, 2.45) is 0 Å². The van der Waals surface area contributed by atoms with Crippen molar-refractivity contribution in [1.82, 2.24) is 15.5 Å². The molecule has 168 valence electrons. The van der Waals surface area contributed by atoms with E-state index in [0.717, 1.165) is 31.6 Å². The van der Waals surface area contributed by atoms with Crippen molar-refractivity contribution in [3.8, 4) is 0 Å². The number of halogens is 1. The monoisotopic (exact) mass is 447 g/mol. The Balaban J connectivity index is 1.21. The quantitative estimate of drug-likeness (QED) is 0.457. The number of urea groups is 2. The highest BCUT2D eigenvalue weighted by Gasteiger charge is 2.51. The van der Waals surface area contributed by atoms with Gasteiger partial charge < -0.3 is 20.9 Å². The molecule has 1 aromatic carbocycles. The van der Waals surface area contributed by atoms with E-state index in [1.54, 1.807) is 6.07 Å². The molecule has 3 aliphatic rings. The van der Waals surface area contributed by atoms with Crippen LogP contribution in [0.15, 0.2) is 18.2 Å². The van der Waals surface area contributed by atoms with Gasteiger partial charge in [0.1, 0.15) is 5.54 Å². The first-order chi connectivity index (χ1) is 15.0. The molecule has 0 aromatic heterocycles. The summed E-state index contributed by atoms with van der Waals surface area (Å²) in [5.74, 6) is -0.122. The predicted octanol–water partition coefficient (Wildman–Crippen LogP) is 3.71. The predicted molar refractivity (Wildman–Crippen MR) is 121 cm³/mol. The highest BCUT2D eigenvalue weighted by molar-refractivity contribution is 6.33. The third-order valence-corrected chi connectivity index (χ3v) is 6.75. The van der Waals surface area contributed by atoms with E-state index in [1.165, 1.54) is 24.2 Å². The third-order valence-electron chi connectivity index (χ3n) is 6.45. The Morgan fingerprint density at radius 3 is 2.55 bits per heavy atom. The second-order valence-corrected chi connectivity index (χ2v) is 9.03. The van der Waals surface area contributed by atoms with Crippen molar-refractivity contribution >= 4 is 40.9 Å². The molecule has 0 unspecified atom stereocenters. The lowest BCUT2D eigenvalue weighted by Gasteiger charge is -2.29. The molecule has 1 spiro atoms. The fourth-order valence-electron chi connectivity index (χ4n) is 4.79. The number of imide groups is 1. The van der Waals surface area contributed by atoms with Gasteiger partial charge in [0, 0.05) is 31.9 Å². The van der Waals surface area contributed by atoms with Gasteiger partial charge in [0.15, 0.2) is 0 Å². The Morgan fingerprint density at radius 2 is 1.84 bits per heavy atom. The van der Waals surface area contributed by atoms with Crippen LogP contribution >= 0.6 is 11.6 Å². The summed E-state index contributed by atoms with van der Waals surface area (Å²) in [7, 11) is 0. The molecular formula is C22H30ClN5O3. The highest BCUT2D eigenvalue weighted by atomic mass is 35.5.